The highest BCUT2D eigenvalue weighted by Gasteiger charge is 2.30. The number of rotatable bonds is 2. The highest BCUT2D eigenvalue weighted by molar-refractivity contribution is 5.16. The van der Waals surface area contributed by atoms with Gasteiger partial charge in [-0.3, -0.25) is 0 Å². The van der Waals surface area contributed by atoms with Crippen molar-refractivity contribution in [3.8, 4) is 0 Å². The Morgan fingerprint density at radius 3 is 2.67 bits per heavy atom. The molecule has 0 bridgehead atoms. The standard InChI is InChI=1S/C11H14O4/c12-6-10-9(13)7-14-11(15-10)8-4-2-1-3-5-8/h1-5,9-13H,6-7H2/t9-,10?,11-/m0/s1. The van der Waals surface area contributed by atoms with Gasteiger partial charge in [0.2, 0.25) is 0 Å². The molecule has 2 rings (SSSR count). The van der Waals surface area contributed by atoms with E-state index in [0.717, 1.165) is 5.56 Å². The van der Waals surface area contributed by atoms with E-state index in [2.05, 4.69) is 0 Å². The summed E-state index contributed by atoms with van der Waals surface area (Å²) in [4.78, 5) is 0. The van der Waals surface area contributed by atoms with Gasteiger partial charge in [-0.15, -0.1) is 0 Å². The van der Waals surface area contributed by atoms with Gasteiger partial charge in [0.15, 0.2) is 6.29 Å². The minimum absolute atomic E-state index is 0.185. The van der Waals surface area contributed by atoms with Gasteiger partial charge >= 0.3 is 0 Å². The quantitative estimate of drug-likeness (QED) is 0.744. The third-order valence-electron chi connectivity index (χ3n) is 2.40. The number of hydrogen-bond acceptors (Lipinski definition) is 4. The Hall–Kier alpha value is -0.940. The van der Waals surface area contributed by atoms with Gasteiger partial charge in [0.1, 0.15) is 12.2 Å². The van der Waals surface area contributed by atoms with Crippen LogP contribution < -0.4 is 0 Å². The van der Waals surface area contributed by atoms with E-state index in [0.29, 0.717) is 0 Å². The molecule has 1 aliphatic heterocycles. The molecule has 1 aliphatic rings. The molecule has 1 heterocycles. The second kappa shape index (κ2) is 4.72. The monoisotopic (exact) mass is 210 g/mol. The average molecular weight is 210 g/mol. The Morgan fingerprint density at radius 2 is 2.00 bits per heavy atom. The lowest BCUT2D eigenvalue weighted by Crippen LogP contribution is -2.42. The fourth-order valence-electron chi connectivity index (χ4n) is 1.53. The molecule has 0 radical (unpaired) electrons. The van der Waals surface area contributed by atoms with Crippen molar-refractivity contribution in [2.75, 3.05) is 13.2 Å². The van der Waals surface area contributed by atoms with Crippen LogP contribution in [0.4, 0.5) is 0 Å². The van der Waals surface area contributed by atoms with Gasteiger partial charge in [-0.2, -0.15) is 0 Å². The Labute approximate surface area is 88.1 Å². The summed E-state index contributed by atoms with van der Waals surface area (Å²) in [6.45, 7) is -0.0152. The van der Waals surface area contributed by atoms with E-state index in [1.54, 1.807) is 0 Å². The Morgan fingerprint density at radius 1 is 1.27 bits per heavy atom. The van der Waals surface area contributed by atoms with Gasteiger partial charge in [0.05, 0.1) is 13.2 Å². The van der Waals surface area contributed by atoms with Gasteiger partial charge in [-0.1, -0.05) is 30.3 Å². The van der Waals surface area contributed by atoms with Crippen molar-refractivity contribution >= 4 is 0 Å². The smallest absolute Gasteiger partial charge is 0.184 e. The molecule has 4 nitrogen and oxygen atoms in total. The van der Waals surface area contributed by atoms with E-state index in [1.165, 1.54) is 0 Å². The van der Waals surface area contributed by atoms with Crippen LogP contribution in [0, 0.1) is 0 Å². The maximum atomic E-state index is 9.42. The van der Waals surface area contributed by atoms with Crippen molar-refractivity contribution < 1.29 is 19.7 Å². The zero-order valence-corrected chi connectivity index (χ0v) is 8.24. The predicted molar refractivity (Wildman–Crippen MR) is 53.1 cm³/mol. The fraction of sp³-hybridized carbons (Fsp3) is 0.455. The molecule has 1 fully saturated rings. The lowest BCUT2D eigenvalue weighted by atomic mass is 10.1. The van der Waals surface area contributed by atoms with Gasteiger partial charge < -0.3 is 19.7 Å². The van der Waals surface area contributed by atoms with Crippen molar-refractivity contribution in [1.29, 1.82) is 0 Å². The van der Waals surface area contributed by atoms with Crippen molar-refractivity contribution in [2.45, 2.75) is 18.5 Å². The average Bonchev–Trinajstić information content (AvgIpc) is 2.31. The largest absolute Gasteiger partial charge is 0.394 e. The highest BCUT2D eigenvalue weighted by atomic mass is 16.7. The second-order valence-corrected chi connectivity index (χ2v) is 3.50. The van der Waals surface area contributed by atoms with Crippen LogP contribution in [0.3, 0.4) is 0 Å². The van der Waals surface area contributed by atoms with Crippen LogP contribution in [0.1, 0.15) is 11.9 Å². The molecule has 0 spiro atoms. The number of ether oxygens (including phenoxy) is 2. The molecule has 3 atom stereocenters. The normalized spacial score (nSPS) is 31.5. The first-order chi connectivity index (χ1) is 7.31. The number of benzene rings is 1. The molecule has 0 saturated carbocycles. The fourth-order valence-corrected chi connectivity index (χ4v) is 1.53. The first-order valence-corrected chi connectivity index (χ1v) is 4.92. The summed E-state index contributed by atoms with van der Waals surface area (Å²) < 4.78 is 10.7. The summed E-state index contributed by atoms with van der Waals surface area (Å²) in [6.07, 6.45) is -1.81. The van der Waals surface area contributed by atoms with Crippen LogP contribution in [0.2, 0.25) is 0 Å². The minimum atomic E-state index is -0.755. The SMILES string of the molecule is OCC1O[C@@H](c2ccccc2)OC[C@@H]1O. The lowest BCUT2D eigenvalue weighted by molar-refractivity contribution is -0.263. The van der Waals surface area contributed by atoms with E-state index in [-0.39, 0.29) is 13.2 Å². The minimum Gasteiger partial charge on any atom is -0.394 e. The van der Waals surface area contributed by atoms with E-state index < -0.39 is 18.5 Å². The molecule has 0 aromatic heterocycles. The van der Waals surface area contributed by atoms with E-state index in [1.807, 2.05) is 30.3 Å². The number of aliphatic hydroxyl groups excluding tert-OH is 2. The second-order valence-electron chi connectivity index (χ2n) is 3.50. The summed E-state index contributed by atoms with van der Waals surface area (Å²) in [7, 11) is 0. The zero-order valence-electron chi connectivity index (χ0n) is 8.24. The first-order valence-electron chi connectivity index (χ1n) is 4.92. The van der Waals surface area contributed by atoms with Crippen LogP contribution in [0.25, 0.3) is 0 Å². The van der Waals surface area contributed by atoms with Crippen LogP contribution in [-0.4, -0.2) is 35.6 Å². The van der Waals surface area contributed by atoms with Gasteiger partial charge in [-0.05, 0) is 0 Å². The Kier molecular flexibility index (Phi) is 3.33. The lowest BCUT2D eigenvalue weighted by Gasteiger charge is -2.33. The van der Waals surface area contributed by atoms with Gasteiger partial charge in [-0.25, -0.2) is 0 Å². The van der Waals surface area contributed by atoms with Crippen molar-refractivity contribution in [2.24, 2.45) is 0 Å². The summed E-state index contributed by atoms with van der Waals surface area (Å²) in [5.74, 6) is 0. The van der Waals surface area contributed by atoms with Gasteiger partial charge in [0, 0.05) is 5.56 Å². The molecule has 82 valence electrons. The number of hydrogen-bond donors (Lipinski definition) is 2. The third kappa shape index (κ3) is 2.35. The van der Waals surface area contributed by atoms with E-state index in [9.17, 15) is 5.11 Å². The molecule has 15 heavy (non-hydrogen) atoms. The van der Waals surface area contributed by atoms with Crippen molar-refractivity contribution in [1.82, 2.24) is 0 Å². The van der Waals surface area contributed by atoms with Crippen LogP contribution in [-0.2, 0) is 9.47 Å². The van der Waals surface area contributed by atoms with Crippen molar-refractivity contribution in [3.63, 3.8) is 0 Å². The molecule has 1 aromatic rings. The molecular formula is C11H14O4. The topological polar surface area (TPSA) is 58.9 Å². The molecule has 1 unspecified atom stereocenters. The molecule has 0 amide bonds. The first kappa shape index (κ1) is 10.6. The summed E-state index contributed by atoms with van der Waals surface area (Å²) in [6, 6.07) is 9.46. The Bertz CT molecular complexity index is 301. The number of aliphatic hydroxyl groups is 2. The molecule has 1 aromatic carbocycles. The molecular weight excluding hydrogens is 196 g/mol. The van der Waals surface area contributed by atoms with Gasteiger partial charge in [0.25, 0.3) is 0 Å². The van der Waals surface area contributed by atoms with Crippen LogP contribution in [0.5, 0.6) is 0 Å². The van der Waals surface area contributed by atoms with E-state index >= 15 is 0 Å². The van der Waals surface area contributed by atoms with Crippen LogP contribution >= 0.6 is 0 Å². The third-order valence-corrected chi connectivity index (χ3v) is 2.40. The van der Waals surface area contributed by atoms with Crippen molar-refractivity contribution in [3.05, 3.63) is 35.9 Å². The summed E-state index contributed by atoms with van der Waals surface area (Å²) in [5.41, 5.74) is 0.892. The Balaban J connectivity index is 2.06. The highest BCUT2D eigenvalue weighted by Crippen LogP contribution is 2.25. The maximum absolute atomic E-state index is 9.42. The summed E-state index contributed by atoms with van der Waals surface area (Å²) in [5, 5.41) is 18.4. The van der Waals surface area contributed by atoms with Crippen LogP contribution in [0.15, 0.2) is 30.3 Å². The summed E-state index contributed by atoms with van der Waals surface area (Å²) >= 11 is 0. The molecule has 4 heteroatoms. The molecule has 2 N–H and O–H groups in total. The molecule has 1 saturated heterocycles. The maximum Gasteiger partial charge on any atom is 0.184 e. The predicted octanol–water partition coefficient (Wildman–Crippen LogP) is 0.454. The van der Waals surface area contributed by atoms with E-state index in [4.69, 9.17) is 14.6 Å². The molecule has 0 aliphatic carbocycles. The zero-order chi connectivity index (χ0) is 10.7.